The number of hydrogen-bond donors (Lipinski definition) is 1. The predicted octanol–water partition coefficient (Wildman–Crippen LogP) is 3.68. The van der Waals surface area contributed by atoms with E-state index >= 15 is 0 Å². The molecule has 2 heterocycles. The van der Waals surface area contributed by atoms with Gasteiger partial charge in [-0.25, -0.2) is 9.37 Å². The molecule has 0 saturated heterocycles. The van der Waals surface area contributed by atoms with Crippen molar-refractivity contribution in [2.75, 3.05) is 5.73 Å². The van der Waals surface area contributed by atoms with Crippen molar-refractivity contribution in [3.63, 3.8) is 0 Å². The number of halogens is 1. The summed E-state index contributed by atoms with van der Waals surface area (Å²) in [5.74, 6) is -0.214. The second kappa shape index (κ2) is 4.51. The first-order chi connectivity index (χ1) is 8.72. The van der Waals surface area contributed by atoms with Crippen LogP contribution in [0.4, 0.5) is 9.52 Å². The first kappa shape index (κ1) is 11.4. The number of H-pyrrole nitrogens is 1. The van der Waals surface area contributed by atoms with Crippen molar-refractivity contribution in [1.82, 2.24) is 0 Å². The molecule has 5 heteroatoms. The monoisotopic (exact) mass is 277 g/mol. The van der Waals surface area contributed by atoms with Gasteiger partial charge in [0.2, 0.25) is 0 Å². The summed E-state index contributed by atoms with van der Waals surface area (Å²) in [5.41, 5.74) is 7.57. The molecule has 0 unspecified atom stereocenters. The van der Waals surface area contributed by atoms with E-state index in [2.05, 4.69) is 4.98 Å². The summed E-state index contributed by atoms with van der Waals surface area (Å²) >= 11 is 3.09. The van der Waals surface area contributed by atoms with Gasteiger partial charge in [-0.2, -0.15) is 0 Å². The van der Waals surface area contributed by atoms with Crippen LogP contribution >= 0.6 is 22.7 Å². The zero-order valence-electron chi connectivity index (χ0n) is 9.31. The summed E-state index contributed by atoms with van der Waals surface area (Å²) in [4.78, 5) is 5.24. The van der Waals surface area contributed by atoms with Crippen LogP contribution in [0.1, 0.15) is 0 Å². The zero-order chi connectivity index (χ0) is 12.5. The van der Waals surface area contributed by atoms with Crippen molar-refractivity contribution in [3.8, 4) is 21.0 Å². The molecule has 0 aliphatic rings. The van der Waals surface area contributed by atoms with E-state index in [1.165, 1.54) is 17.4 Å². The lowest BCUT2D eigenvalue weighted by atomic mass is 10.2. The second-order valence-corrected chi connectivity index (χ2v) is 5.81. The minimum absolute atomic E-state index is 0.214. The molecule has 0 atom stereocenters. The third kappa shape index (κ3) is 2.14. The van der Waals surface area contributed by atoms with Crippen molar-refractivity contribution in [2.24, 2.45) is 0 Å². The molecule has 0 aliphatic heterocycles. The first-order valence-corrected chi connectivity index (χ1v) is 7.04. The Morgan fingerprint density at radius 3 is 2.67 bits per heavy atom. The summed E-state index contributed by atoms with van der Waals surface area (Å²) in [7, 11) is 0. The average Bonchev–Trinajstić information content (AvgIpc) is 2.97. The fourth-order valence-electron chi connectivity index (χ4n) is 1.71. The van der Waals surface area contributed by atoms with Gasteiger partial charge < -0.3 is 0 Å². The lowest BCUT2D eigenvalue weighted by molar-refractivity contribution is -0.340. The standard InChI is InChI=1S/C13H9FN2S2/c14-9-3-1-2-8(6-9)11-4-5-12(18-11)10-7-17-13(15)16-10/h1-7H,(H2,15,16)/p+1. The van der Waals surface area contributed by atoms with Crippen LogP contribution in [0.2, 0.25) is 0 Å². The highest BCUT2D eigenvalue weighted by molar-refractivity contribution is 7.19. The Morgan fingerprint density at radius 1 is 1.11 bits per heavy atom. The van der Waals surface area contributed by atoms with E-state index in [0.29, 0.717) is 5.13 Å². The SMILES string of the molecule is Nc1[nH+]c(-c2ccc(-c3cccc(F)c3)s2)cs1. The number of benzene rings is 1. The summed E-state index contributed by atoms with van der Waals surface area (Å²) in [5, 5.41) is 2.67. The van der Waals surface area contributed by atoms with E-state index in [0.717, 1.165) is 21.0 Å². The number of nitrogens with two attached hydrogens (primary N) is 1. The smallest absolute Gasteiger partial charge is 0.278 e. The van der Waals surface area contributed by atoms with Gasteiger partial charge >= 0.3 is 5.13 Å². The fraction of sp³-hybridized carbons (Fsp3) is 0. The molecule has 3 aromatic rings. The first-order valence-electron chi connectivity index (χ1n) is 5.35. The lowest BCUT2D eigenvalue weighted by Gasteiger charge is -1.96. The second-order valence-electron chi connectivity index (χ2n) is 3.81. The highest BCUT2D eigenvalue weighted by Gasteiger charge is 2.10. The number of thiophene rings is 1. The Balaban J connectivity index is 1.99. The number of hydrogen-bond acceptors (Lipinski definition) is 3. The maximum atomic E-state index is 13.2. The van der Waals surface area contributed by atoms with Crippen LogP contribution in [0.3, 0.4) is 0 Å². The highest BCUT2D eigenvalue weighted by Crippen LogP contribution is 2.33. The number of nitrogens with one attached hydrogen (secondary N) is 1. The molecule has 0 radical (unpaired) electrons. The van der Waals surface area contributed by atoms with E-state index in [1.807, 2.05) is 23.6 Å². The molecule has 0 aliphatic carbocycles. The molecule has 18 heavy (non-hydrogen) atoms. The molecule has 0 saturated carbocycles. The van der Waals surface area contributed by atoms with E-state index in [-0.39, 0.29) is 5.82 Å². The fourth-order valence-corrected chi connectivity index (χ4v) is 3.36. The van der Waals surface area contributed by atoms with Crippen molar-refractivity contribution in [3.05, 3.63) is 47.6 Å². The van der Waals surface area contributed by atoms with Gasteiger partial charge in [0.25, 0.3) is 0 Å². The van der Waals surface area contributed by atoms with Crippen LogP contribution in [0.25, 0.3) is 21.0 Å². The molecular formula is C13H10FN2S2+. The quantitative estimate of drug-likeness (QED) is 0.762. The van der Waals surface area contributed by atoms with Crippen molar-refractivity contribution >= 4 is 27.8 Å². The molecule has 0 spiro atoms. The zero-order valence-corrected chi connectivity index (χ0v) is 10.9. The third-order valence-corrected chi connectivity index (χ3v) is 4.42. The normalized spacial score (nSPS) is 10.7. The van der Waals surface area contributed by atoms with Crippen molar-refractivity contribution < 1.29 is 9.37 Å². The van der Waals surface area contributed by atoms with Crippen LogP contribution in [0, 0.1) is 5.82 Å². The Morgan fingerprint density at radius 2 is 1.94 bits per heavy atom. The molecule has 0 fully saturated rings. The number of aromatic amines is 1. The number of nitrogen functional groups attached to an aromatic ring is 1. The molecule has 2 aromatic heterocycles. The molecule has 3 N–H and O–H groups in total. The number of rotatable bonds is 2. The van der Waals surface area contributed by atoms with Gasteiger partial charge in [0.05, 0.1) is 4.88 Å². The Labute approximate surface area is 112 Å². The molecule has 0 bridgehead atoms. The summed E-state index contributed by atoms with van der Waals surface area (Å²) in [6.45, 7) is 0. The van der Waals surface area contributed by atoms with E-state index in [4.69, 9.17) is 5.73 Å². The van der Waals surface area contributed by atoms with Crippen LogP contribution < -0.4 is 10.7 Å². The maximum Gasteiger partial charge on any atom is 0.329 e. The number of aromatic nitrogens is 1. The lowest BCUT2D eigenvalue weighted by Crippen LogP contribution is -2.05. The average molecular weight is 277 g/mol. The molecule has 0 amide bonds. The maximum absolute atomic E-state index is 13.2. The molecule has 3 rings (SSSR count). The summed E-state index contributed by atoms with van der Waals surface area (Å²) < 4.78 is 13.2. The molecule has 2 nitrogen and oxygen atoms in total. The van der Waals surface area contributed by atoms with Crippen molar-refractivity contribution in [1.29, 1.82) is 0 Å². The van der Waals surface area contributed by atoms with E-state index < -0.39 is 0 Å². The van der Waals surface area contributed by atoms with Gasteiger partial charge in [-0.15, -0.1) is 11.3 Å². The van der Waals surface area contributed by atoms with Gasteiger partial charge in [-0.3, -0.25) is 5.73 Å². The van der Waals surface area contributed by atoms with Crippen LogP contribution in [0.5, 0.6) is 0 Å². The minimum atomic E-state index is -0.214. The van der Waals surface area contributed by atoms with E-state index in [1.54, 1.807) is 23.5 Å². The topological polar surface area (TPSA) is 40.2 Å². The van der Waals surface area contributed by atoms with Gasteiger partial charge in [-0.05, 0) is 29.8 Å². The third-order valence-electron chi connectivity index (χ3n) is 2.54. The molecular weight excluding hydrogens is 267 g/mol. The highest BCUT2D eigenvalue weighted by atomic mass is 32.1. The molecule has 90 valence electrons. The Kier molecular flexibility index (Phi) is 2.85. The number of anilines is 1. The predicted molar refractivity (Wildman–Crippen MR) is 74.0 cm³/mol. The van der Waals surface area contributed by atoms with Gasteiger partial charge in [0.1, 0.15) is 5.82 Å². The summed E-state index contributed by atoms with van der Waals surface area (Å²) in [6, 6.07) is 10.6. The van der Waals surface area contributed by atoms with Crippen LogP contribution in [-0.2, 0) is 0 Å². The largest absolute Gasteiger partial charge is 0.329 e. The molecule has 1 aromatic carbocycles. The Hall–Kier alpha value is -1.72. The van der Waals surface area contributed by atoms with E-state index in [9.17, 15) is 4.39 Å². The summed E-state index contributed by atoms with van der Waals surface area (Å²) in [6.07, 6.45) is 0. The van der Waals surface area contributed by atoms with Gasteiger partial charge in [-0.1, -0.05) is 23.5 Å². The number of thiazole rings is 1. The van der Waals surface area contributed by atoms with Crippen molar-refractivity contribution in [2.45, 2.75) is 0 Å². The van der Waals surface area contributed by atoms with Crippen LogP contribution in [-0.4, -0.2) is 0 Å². The minimum Gasteiger partial charge on any atom is -0.278 e. The van der Waals surface area contributed by atoms with Crippen LogP contribution in [0.15, 0.2) is 41.8 Å². The Bertz CT molecular complexity index is 688. The van der Waals surface area contributed by atoms with Gasteiger partial charge in [0, 0.05) is 10.3 Å². The van der Waals surface area contributed by atoms with Gasteiger partial charge in [0.15, 0.2) is 5.69 Å².